The lowest BCUT2D eigenvalue weighted by Crippen LogP contribution is -2.15. The third-order valence-electron chi connectivity index (χ3n) is 2.38. The van der Waals surface area contributed by atoms with Crippen molar-refractivity contribution in [1.82, 2.24) is 0 Å². The maximum absolute atomic E-state index is 11.9. The van der Waals surface area contributed by atoms with Gasteiger partial charge in [-0.2, -0.15) is 8.42 Å². The van der Waals surface area contributed by atoms with Gasteiger partial charge in [-0.3, -0.25) is 4.18 Å². The molecule has 1 aromatic carbocycles. The van der Waals surface area contributed by atoms with Crippen LogP contribution in [-0.4, -0.2) is 14.5 Å². The van der Waals surface area contributed by atoms with E-state index < -0.39 is 10.1 Å². The van der Waals surface area contributed by atoms with Crippen molar-refractivity contribution in [1.29, 1.82) is 0 Å². The first kappa shape index (κ1) is 13.9. The second-order valence-corrected chi connectivity index (χ2v) is 5.61. The molecule has 94 valence electrons. The molecule has 0 saturated heterocycles. The summed E-state index contributed by atoms with van der Waals surface area (Å²) in [7, 11) is -3.64. The van der Waals surface area contributed by atoms with E-state index >= 15 is 0 Å². The quantitative estimate of drug-likeness (QED) is 0.579. The standard InChI is InChI=1S/C13H18O3S/c1-4-5-6-12(3)16-17(14,15)13-9-7-11(2)8-10-13/h4,7-10,12H,1,5-6H2,2-3H3. The zero-order valence-corrected chi connectivity index (χ0v) is 11.0. The van der Waals surface area contributed by atoms with Crippen LogP contribution in [0.5, 0.6) is 0 Å². The summed E-state index contributed by atoms with van der Waals surface area (Å²) in [4.78, 5) is 0.202. The van der Waals surface area contributed by atoms with Crippen LogP contribution in [0.4, 0.5) is 0 Å². The third-order valence-corrected chi connectivity index (χ3v) is 3.81. The highest BCUT2D eigenvalue weighted by Gasteiger charge is 2.18. The average molecular weight is 254 g/mol. The Hall–Kier alpha value is -1.13. The monoisotopic (exact) mass is 254 g/mol. The van der Waals surface area contributed by atoms with Crippen LogP contribution < -0.4 is 0 Å². The molecule has 1 rings (SSSR count). The van der Waals surface area contributed by atoms with Crippen molar-refractivity contribution in [2.75, 3.05) is 0 Å². The Morgan fingerprint density at radius 1 is 1.35 bits per heavy atom. The van der Waals surface area contributed by atoms with Crippen LogP contribution in [0.3, 0.4) is 0 Å². The van der Waals surface area contributed by atoms with Crippen LogP contribution in [0.1, 0.15) is 25.3 Å². The highest BCUT2D eigenvalue weighted by molar-refractivity contribution is 7.86. The fourth-order valence-electron chi connectivity index (χ4n) is 1.38. The Labute approximate surface area is 103 Å². The molecule has 0 radical (unpaired) electrons. The van der Waals surface area contributed by atoms with E-state index in [0.29, 0.717) is 6.42 Å². The average Bonchev–Trinajstić information content (AvgIpc) is 2.26. The van der Waals surface area contributed by atoms with E-state index in [4.69, 9.17) is 4.18 Å². The zero-order chi connectivity index (χ0) is 12.9. The van der Waals surface area contributed by atoms with Crippen molar-refractivity contribution in [3.8, 4) is 0 Å². The van der Waals surface area contributed by atoms with Gasteiger partial charge in [-0.25, -0.2) is 0 Å². The SMILES string of the molecule is C=CCCC(C)OS(=O)(=O)c1ccc(C)cc1. The van der Waals surface area contributed by atoms with E-state index in [1.807, 2.05) is 6.92 Å². The highest BCUT2D eigenvalue weighted by atomic mass is 32.2. The molecule has 0 aliphatic heterocycles. The minimum atomic E-state index is -3.64. The molecule has 0 spiro atoms. The molecule has 0 aliphatic rings. The van der Waals surface area contributed by atoms with Gasteiger partial charge in [0.1, 0.15) is 0 Å². The van der Waals surface area contributed by atoms with Gasteiger partial charge in [0.25, 0.3) is 10.1 Å². The van der Waals surface area contributed by atoms with Crippen molar-refractivity contribution < 1.29 is 12.6 Å². The van der Waals surface area contributed by atoms with Crippen LogP contribution in [0, 0.1) is 6.92 Å². The normalized spacial score (nSPS) is 13.3. The first-order valence-corrected chi connectivity index (χ1v) is 6.97. The molecular weight excluding hydrogens is 236 g/mol. The van der Waals surface area contributed by atoms with Gasteiger partial charge >= 0.3 is 0 Å². The summed E-state index contributed by atoms with van der Waals surface area (Å²) in [5.74, 6) is 0. The molecule has 1 aromatic rings. The van der Waals surface area contributed by atoms with Crippen LogP contribution in [-0.2, 0) is 14.3 Å². The largest absolute Gasteiger partial charge is 0.297 e. The van der Waals surface area contributed by atoms with E-state index in [2.05, 4.69) is 6.58 Å². The second kappa shape index (κ2) is 5.98. The molecule has 1 unspecified atom stereocenters. The van der Waals surface area contributed by atoms with Gasteiger partial charge < -0.3 is 0 Å². The molecule has 3 nitrogen and oxygen atoms in total. The van der Waals surface area contributed by atoms with Gasteiger partial charge in [0, 0.05) is 0 Å². The van der Waals surface area contributed by atoms with Crippen molar-refractivity contribution in [3.05, 3.63) is 42.5 Å². The van der Waals surface area contributed by atoms with E-state index in [-0.39, 0.29) is 11.0 Å². The first-order chi connectivity index (χ1) is 7.95. The molecule has 4 heteroatoms. The number of allylic oxidation sites excluding steroid dienone is 1. The Bertz CT molecular complexity index is 460. The molecule has 0 bridgehead atoms. The number of rotatable bonds is 6. The molecule has 0 aliphatic carbocycles. The van der Waals surface area contributed by atoms with Gasteiger partial charge in [0.05, 0.1) is 11.0 Å². The zero-order valence-electron chi connectivity index (χ0n) is 10.2. The summed E-state index contributed by atoms with van der Waals surface area (Å²) < 4.78 is 28.8. The summed E-state index contributed by atoms with van der Waals surface area (Å²) in [5, 5.41) is 0. The molecule has 0 fully saturated rings. The van der Waals surface area contributed by atoms with Crippen molar-refractivity contribution >= 4 is 10.1 Å². The third kappa shape index (κ3) is 4.32. The number of aryl methyl sites for hydroxylation is 1. The predicted octanol–water partition coefficient (Wildman–Crippen LogP) is 3.06. The van der Waals surface area contributed by atoms with Gasteiger partial charge in [-0.05, 0) is 38.8 Å². The first-order valence-electron chi connectivity index (χ1n) is 5.56. The fourth-order valence-corrected chi connectivity index (χ4v) is 2.49. The van der Waals surface area contributed by atoms with Gasteiger partial charge in [0.2, 0.25) is 0 Å². The Morgan fingerprint density at radius 3 is 2.47 bits per heavy atom. The van der Waals surface area contributed by atoms with Crippen LogP contribution >= 0.6 is 0 Å². The van der Waals surface area contributed by atoms with Crippen LogP contribution in [0.2, 0.25) is 0 Å². The predicted molar refractivity (Wildman–Crippen MR) is 68.3 cm³/mol. The van der Waals surface area contributed by atoms with E-state index in [9.17, 15) is 8.42 Å². The van der Waals surface area contributed by atoms with Gasteiger partial charge in [-0.15, -0.1) is 6.58 Å². The molecule has 1 atom stereocenters. The van der Waals surface area contributed by atoms with E-state index in [0.717, 1.165) is 12.0 Å². The smallest absolute Gasteiger partial charge is 0.263 e. The van der Waals surface area contributed by atoms with Crippen LogP contribution in [0.25, 0.3) is 0 Å². The molecule has 0 amide bonds. The van der Waals surface area contributed by atoms with Crippen molar-refractivity contribution in [2.24, 2.45) is 0 Å². The molecule has 0 aromatic heterocycles. The summed E-state index contributed by atoms with van der Waals surface area (Å²) >= 11 is 0. The topological polar surface area (TPSA) is 43.4 Å². The minimum Gasteiger partial charge on any atom is -0.263 e. The Kier molecular flexibility index (Phi) is 4.90. The molecule has 0 saturated carbocycles. The van der Waals surface area contributed by atoms with Gasteiger partial charge in [-0.1, -0.05) is 23.8 Å². The minimum absolute atomic E-state index is 0.202. The number of hydrogen-bond acceptors (Lipinski definition) is 3. The second-order valence-electron chi connectivity index (χ2n) is 4.04. The Morgan fingerprint density at radius 2 is 1.94 bits per heavy atom. The van der Waals surface area contributed by atoms with Crippen LogP contribution in [0.15, 0.2) is 41.8 Å². The fraction of sp³-hybridized carbons (Fsp3) is 0.385. The Balaban J connectivity index is 2.74. The molecule has 17 heavy (non-hydrogen) atoms. The highest BCUT2D eigenvalue weighted by Crippen LogP contribution is 2.16. The lowest BCUT2D eigenvalue weighted by Gasteiger charge is -2.12. The summed E-state index contributed by atoms with van der Waals surface area (Å²) in [6.07, 6.45) is 2.80. The van der Waals surface area contributed by atoms with Crippen molar-refractivity contribution in [2.45, 2.75) is 37.7 Å². The molecule has 0 N–H and O–H groups in total. The lowest BCUT2D eigenvalue weighted by atomic mass is 10.2. The van der Waals surface area contributed by atoms with E-state index in [1.165, 1.54) is 0 Å². The summed E-state index contributed by atoms with van der Waals surface area (Å²) in [6, 6.07) is 6.63. The molecule has 0 heterocycles. The maximum atomic E-state index is 11.9. The van der Waals surface area contributed by atoms with E-state index in [1.54, 1.807) is 37.3 Å². The van der Waals surface area contributed by atoms with Gasteiger partial charge in [0.15, 0.2) is 0 Å². The number of hydrogen-bond donors (Lipinski definition) is 0. The summed E-state index contributed by atoms with van der Waals surface area (Å²) in [5.41, 5.74) is 1.02. The maximum Gasteiger partial charge on any atom is 0.297 e. The van der Waals surface area contributed by atoms with Crippen molar-refractivity contribution in [3.63, 3.8) is 0 Å². The molecular formula is C13H18O3S. The number of benzene rings is 1. The summed E-state index contributed by atoms with van der Waals surface area (Å²) in [6.45, 7) is 7.24. The lowest BCUT2D eigenvalue weighted by molar-refractivity contribution is 0.219.